The number of nitrogens with one attached hydrogen (secondary N) is 2. The average molecular weight is 738 g/mol. The van der Waals surface area contributed by atoms with E-state index in [9.17, 15) is 10.5 Å². The minimum atomic E-state index is -0.522. The van der Waals surface area contributed by atoms with Gasteiger partial charge in [-0.1, -0.05) is 24.3 Å². The zero-order valence-electron chi connectivity index (χ0n) is 28.1. The third-order valence-corrected chi connectivity index (χ3v) is 10.0. The predicted molar refractivity (Wildman–Crippen MR) is 202 cm³/mol. The molecule has 0 saturated heterocycles. The normalized spacial score (nSPS) is 12.0. The van der Waals surface area contributed by atoms with E-state index in [-0.39, 0.29) is 0 Å². The highest BCUT2D eigenvalue weighted by Crippen LogP contribution is 2.32. The summed E-state index contributed by atoms with van der Waals surface area (Å²) >= 11 is 3.04. The number of thiazole rings is 2. The molecule has 0 amide bonds. The van der Waals surface area contributed by atoms with Gasteiger partial charge in [0.15, 0.2) is 0 Å². The molecule has 0 aliphatic rings. The zero-order valence-corrected chi connectivity index (χ0v) is 29.8. The fourth-order valence-electron chi connectivity index (χ4n) is 5.26. The van der Waals surface area contributed by atoms with Crippen molar-refractivity contribution < 1.29 is 0 Å². The van der Waals surface area contributed by atoms with Gasteiger partial charge in [0, 0.05) is 44.4 Å². The van der Waals surface area contributed by atoms with E-state index in [4.69, 9.17) is 0 Å². The van der Waals surface area contributed by atoms with Crippen molar-refractivity contribution >= 4 is 55.0 Å². The predicted octanol–water partition coefficient (Wildman–Crippen LogP) is 5.89. The van der Waals surface area contributed by atoms with Gasteiger partial charge in [-0.15, -0.1) is 22.7 Å². The lowest BCUT2D eigenvalue weighted by Crippen LogP contribution is -2.13. The van der Waals surface area contributed by atoms with E-state index in [2.05, 4.69) is 67.9 Å². The van der Waals surface area contributed by atoms with Crippen LogP contribution in [0.1, 0.15) is 39.7 Å². The smallest absolute Gasteiger partial charge is 0.222 e. The first-order valence-corrected chi connectivity index (χ1v) is 18.2. The summed E-state index contributed by atoms with van der Waals surface area (Å²) in [7, 11) is 0. The van der Waals surface area contributed by atoms with Gasteiger partial charge in [-0.2, -0.15) is 20.7 Å². The quantitative estimate of drug-likeness (QED) is 0.133. The highest BCUT2D eigenvalue weighted by atomic mass is 32.1. The first kappa shape index (κ1) is 34.7. The number of fused-ring (bicyclic) bond motifs is 2. The summed E-state index contributed by atoms with van der Waals surface area (Å²) in [6.07, 6.45) is 11.1. The van der Waals surface area contributed by atoms with Crippen molar-refractivity contribution in [2.45, 2.75) is 31.3 Å². The number of hydrogen-bond donors (Lipinski definition) is 2. The van der Waals surface area contributed by atoms with Crippen molar-refractivity contribution in [2.24, 2.45) is 0 Å². The number of para-hydroxylation sites is 2. The molecule has 0 fully saturated rings. The maximum absolute atomic E-state index is 9.69. The van der Waals surface area contributed by atoms with Gasteiger partial charge in [-0.25, -0.2) is 34.9 Å². The Balaban J connectivity index is 0.000000164. The lowest BCUT2D eigenvalue weighted by atomic mass is 10.1. The molecule has 15 nitrogen and oxygen atoms in total. The molecule has 8 rings (SSSR count). The van der Waals surface area contributed by atoms with E-state index < -0.39 is 11.8 Å². The van der Waals surface area contributed by atoms with Crippen LogP contribution in [0, 0.1) is 22.7 Å². The fraction of sp³-hybridized carbons (Fsp3) is 0.194. The molecule has 2 atom stereocenters. The van der Waals surface area contributed by atoms with E-state index in [1.54, 1.807) is 41.7 Å². The van der Waals surface area contributed by atoms with Crippen LogP contribution in [-0.2, 0) is 13.1 Å². The van der Waals surface area contributed by atoms with Crippen LogP contribution >= 0.6 is 22.7 Å². The Bertz CT molecular complexity index is 2390. The number of nitrogens with zero attached hydrogens (tertiary/aromatic N) is 13. The maximum atomic E-state index is 9.69. The van der Waals surface area contributed by atoms with Gasteiger partial charge in [0.25, 0.3) is 0 Å². The molecule has 53 heavy (non-hydrogen) atoms. The van der Waals surface area contributed by atoms with Gasteiger partial charge >= 0.3 is 0 Å². The van der Waals surface area contributed by atoms with Crippen LogP contribution in [0.15, 0.2) is 104 Å². The van der Waals surface area contributed by atoms with Crippen LogP contribution in [0.25, 0.3) is 20.4 Å². The van der Waals surface area contributed by atoms with Crippen molar-refractivity contribution in [1.82, 2.24) is 54.4 Å². The molecule has 262 valence electrons. The highest BCUT2D eigenvalue weighted by Gasteiger charge is 2.21. The van der Waals surface area contributed by atoms with Crippen LogP contribution < -0.4 is 10.6 Å². The fourth-order valence-corrected chi connectivity index (χ4v) is 7.32. The van der Waals surface area contributed by atoms with Crippen molar-refractivity contribution in [3.8, 4) is 12.1 Å². The average Bonchev–Trinajstić information content (AvgIpc) is 4.03. The number of rotatable bonds is 13. The summed E-state index contributed by atoms with van der Waals surface area (Å²) in [5, 5.41) is 35.4. The van der Waals surface area contributed by atoms with Crippen LogP contribution in [0.5, 0.6) is 0 Å². The summed E-state index contributed by atoms with van der Waals surface area (Å²) in [5.74, 6) is -0.0282. The number of benzene rings is 2. The Hall–Kier alpha value is -6.69. The number of aryl methyl sites for hydroxylation is 1. The molecule has 0 aliphatic carbocycles. The van der Waals surface area contributed by atoms with Crippen LogP contribution in [0.3, 0.4) is 0 Å². The second-order valence-electron chi connectivity index (χ2n) is 11.4. The summed E-state index contributed by atoms with van der Waals surface area (Å²) in [4.78, 5) is 30.6. The van der Waals surface area contributed by atoms with Crippen molar-refractivity contribution in [3.63, 3.8) is 0 Å². The van der Waals surface area contributed by atoms with Crippen LogP contribution in [0.2, 0.25) is 0 Å². The molecule has 2 aromatic carbocycles. The summed E-state index contributed by atoms with van der Waals surface area (Å²) in [5.41, 5.74) is 3.09. The first-order chi connectivity index (χ1) is 26.2. The van der Waals surface area contributed by atoms with Gasteiger partial charge in [-0.3, -0.25) is 9.36 Å². The van der Waals surface area contributed by atoms with E-state index in [0.29, 0.717) is 36.4 Å². The monoisotopic (exact) mass is 737 g/mol. The second-order valence-corrected chi connectivity index (χ2v) is 13.5. The minimum absolute atomic E-state index is 0.476. The van der Waals surface area contributed by atoms with E-state index in [1.807, 2.05) is 65.5 Å². The summed E-state index contributed by atoms with van der Waals surface area (Å²) < 4.78 is 5.73. The lowest BCUT2D eigenvalue weighted by Gasteiger charge is -2.09. The van der Waals surface area contributed by atoms with Crippen LogP contribution in [-0.4, -0.2) is 67.5 Å². The molecule has 2 unspecified atom stereocenters. The Morgan fingerprint density at radius 2 is 1.25 bits per heavy atom. The number of aromatic nitrogens is 11. The van der Waals surface area contributed by atoms with Crippen molar-refractivity contribution in [1.29, 1.82) is 10.5 Å². The highest BCUT2D eigenvalue weighted by molar-refractivity contribution is 7.19. The Morgan fingerprint density at radius 1 is 0.642 bits per heavy atom. The molecular formula is C36H31N15S2. The largest absolute Gasteiger partial charge is 0.354 e. The van der Waals surface area contributed by atoms with E-state index in [1.165, 1.54) is 29.0 Å². The minimum Gasteiger partial charge on any atom is -0.354 e. The van der Waals surface area contributed by atoms with Gasteiger partial charge in [0.2, 0.25) is 11.9 Å². The second kappa shape index (κ2) is 17.0. The standard InChI is InChI=1S/C19H17N7S.C17H14N8S/c20-13-14(18-24-16-5-1-2-6-17(16)27-18)15-7-10-22-19(25-15)21-8-3-11-26-12-4-9-23-26;18-9-12(16-23-14-3-1-2-4-15(14)26-16)13-5-6-20-17(24-13)21-7-8-25-11-19-10-22-25/h1-2,4-7,9-10,12,14H,3,8,11H2,(H,21,22,25);1-6,10-12H,7-8H2,(H,20,21,24). The van der Waals surface area contributed by atoms with Crippen molar-refractivity contribution in [2.75, 3.05) is 23.7 Å². The van der Waals surface area contributed by atoms with Crippen molar-refractivity contribution in [3.05, 3.63) is 126 Å². The Labute approximate surface area is 311 Å². The van der Waals surface area contributed by atoms with Gasteiger partial charge in [-0.05, 0) is 48.9 Å². The lowest BCUT2D eigenvalue weighted by molar-refractivity contribution is 0.591. The Morgan fingerprint density at radius 3 is 1.77 bits per heavy atom. The van der Waals surface area contributed by atoms with Gasteiger partial charge < -0.3 is 10.6 Å². The molecule has 8 aromatic rings. The summed E-state index contributed by atoms with van der Waals surface area (Å²) in [6, 6.07) is 25.8. The topological polar surface area (TPSA) is 198 Å². The molecule has 0 aliphatic heterocycles. The molecule has 2 N–H and O–H groups in total. The third-order valence-electron chi connectivity index (χ3n) is 7.82. The van der Waals surface area contributed by atoms with Gasteiger partial charge in [0.1, 0.15) is 34.5 Å². The molecule has 0 saturated carbocycles. The molecule has 6 heterocycles. The molecule has 17 heteroatoms. The number of hydrogen-bond acceptors (Lipinski definition) is 15. The maximum Gasteiger partial charge on any atom is 0.222 e. The number of anilines is 2. The molecule has 6 aromatic heterocycles. The Kier molecular flexibility index (Phi) is 11.2. The summed E-state index contributed by atoms with van der Waals surface area (Å²) in [6.45, 7) is 2.80. The van der Waals surface area contributed by atoms with E-state index >= 15 is 0 Å². The van der Waals surface area contributed by atoms with Gasteiger partial charge in [0.05, 0.1) is 50.5 Å². The van der Waals surface area contributed by atoms with Crippen LogP contribution in [0.4, 0.5) is 11.9 Å². The SMILES string of the molecule is N#CC(c1ccnc(NCCCn2cccn2)n1)c1nc2ccccc2s1.N#CC(c1ccnc(NCCn2cncn2)n1)c1nc2ccccc2s1. The molecule has 0 radical (unpaired) electrons. The molecule has 0 spiro atoms. The first-order valence-electron chi connectivity index (χ1n) is 16.6. The zero-order chi connectivity index (χ0) is 36.2. The number of nitriles is 2. The molecular weight excluding hydrogens is 707 g/mol. The van der Waals surface area contributed by atoms with E-state index in [0.717, 1.165) is 50.0 Å². The molecule has 0 bridgehead atoms. The third kappa shape index (κ3) is 8.79.